The highest BCUT2D eigenvalue weighted by Crippen LogP contribution is 2.19. The minimum atomic E-state index is -1.08. The standard InChI is InChI=1S/C19H23N3O6.C18H28N2O3S.C14H20N2O2/c23-16-8-9-17(24)22(16)28-18(25)20-15-7-4-11-21(12-10-15)19(26)27-13-14-5-2-1-3-6-14;1-18(2,3)24(22)19-16-10-7-12-20(13-11-16)17(21)23-14-15-8-5-4-6-9-15;15-13-7-4-9-16(10-8-13)14(17)18-11-12-5-2-1-3-6-12/h1-3,5-6,15H,4,7-13H2,(H,20,25);4-6,8-9,16,19H,7,10-14H2,1-3H3;1-3,5-6,13H,4,7-11,15H2/t15-;16-,24?;13-/m111/s1. The lowest BCUT2D eigenvalue weighted by atomic mass is 10.1. The Morgan fingerprint density at radius 1 is 0.571 bits per heavy atom. The number of ether oxygens (including phenoxy) is 3. The molecule has 0 aromatic heterocycles. The maximum atomic E-state index is 12.3. The van der Waals surface area contributed by atoms with Gasteiger partial charge in [0.15, 0.2) is 0 Å². The highest BCUT2D eigenvalue weighted by atomic mass is 32.2. The summed E-state index contributed by atoms with van der Waals surface area (Å²) in [5.41, 5.74) is 8.80. The Bertz CT molecular complexity index is 2130. The number of rotatable bonds is 10. The summed E-state index contributed by atoms with van der Waals surface area (Å²) < 4.78 is 31.2. The van der Waals surface area contributed by atoms with E-state index in [1.54, 1.807) is 14.7 Å². The van der Waals surface area contributed by atoms with Crippen LogP contribution in [0.5, 0.6) is 0 Å². The number of imide groups is 1. The fourth-order valence-electron chi connectivity index (χ4n) is 7.82. The number of hydrogen-bond acceptors (Lipinski definition) is 12. The quantitative estimate of drug-likeness (QED) is 0.134. The van der Waals surface area contributed by atoms with Crippen LogP contribution in [0, 0.1) is 0 Å². The lowest BCUT2D eigenvalue weighted by molar-refractivity contribution is -0.171. The average Bonchev–Trinajstić information content (AvgIpc) is 3.67. The van der Waals surface area contributed by atoms with Gasteiger partial charge < -0.3 is 44.8 Å². The van der Waals surface area contributed by atoms with E-state index < -0.39 is 28.9 Å². The van der Waals surface area contributed by atoms with E-state index in [0.717, 1.165) is 61.8 Å². The number of nitrogens with zero attached hydrogens (tertiary/aromatic N) is 4. The molecule has 4 fully saturated rings. The van der Waals surface area contributed by atoms with Crippen molar-refractivity contribution in [3.05, 3.63) is 108 Å². The number of nitrogens with two attached hydrogens (primary N) is 1. The van der Waals surface area contributed by atoms with Crippen molar-refractivity contribution >= 4 is 47.2 Å². The Balaban J connectivity index is 0.000000200. The zero-order chi connectivity index (χ0) is 50.3. The van der Waals surface area contributed by atoms with Gasteiger partial charge in [0.05, 0.1) is 15.7 Å². The Morgan fingerprint density at radius 2 is 0.957 bits per heavy atom. The average molecular weight is 990 g/mol. The van der Waals surface area contributed by atoms with Gasteiger partial charge in [0.1, 0.15) is 19.8 Å². The van der Waals surface area contributed by atoms with Crippen molar-refractivity contribution in [2.24, 2.45) is 5.73 Å². The molecule has 1 unspecified atom stereocenters. The number of hydroxylamine groups is 2. The van der Waals surface area contributed by atoms with Crippen LogP contribution in [0.25, 0.3) is 0 Å². The summed E-state index contributed by atoms with van der Waals surface area (Å²) in [4.78, 5) is 81.3. The molecule has 18 nitrogen and oxygen atoms in total. The van der Waals surface area contributed by atoms with E-state index in [2.05, 4.69) is 10.0 Å². The van der Waals surface area contributed by atoms with Crippen LogP contribution < -0.4 is 15.8 Å². The molecule has 4 heterocycles. The lowest BCUT2D eigenvalue weighted by Gasteiger charge is -2.23. The van der Waals surface area contributed by atoms with Crippen molar-refractivity contribution in [1.29, 1.82) is 0 Å². The van der Waals surface area contributed by atoms with Crippen LogP contribution in [0.3, 0.4) is 0 Å². The third-order valence-corrected chi connectivity index (χ3v) is 13.6. The van der Waals surface area contributed by atoms with Crippen LogP contribution in [-0.4, -0.2) is 122 Å². The van der Waals surface area contributed by atoms with Gasteiger partial charge in [0.2, 0.25) is 0 Å². The molecule has 3 aromatic carbocycles. The molecule has 6 amide bonds. The maximum Gasteiger partial charge on any atom is 0.432 e. The molecular weight excluding hydrogens is 919 g/mol. The number of benzene rings is 3. The number of likely N-dealkylation sites (tertiary alicyclic amines) is 3. The van der Waals surface area contributed by atoms with Crippen LogP contribution in [-0.2, 0) is 59.4 Å². The predicted octanol–water partition coefficient (Wildman–Crippen LogP) is 7.33. The van der Waals surface area contributed by atoms with Crippen molar-refractivity contribution in [3.63, 3.8) is 0 Å². The zero-order valence-electron chi connectivity index (χ0n) is 40.8. The van der Waals surface area contributed by atoms with Gasteiger partial charge in [-0.1, -0.05) is 91.0 Å². The van der Waals surface area contributed by atoms with Gasteiger partial charge in [-0.3, -0.25) is 9.59 Å². The lowest BCUT2D eigenvalue weighted by Crippen LogP contribution is -2.41. The summed E-state index contributed by atoms with van der Waals surface area (Å²) in [6.07, 6.45) is 5.66. The fraction of sp³-hybridized carbons (Fsp3) is 0.529. The molecule has 0 aliphatic carbocycles. The molecule has 4 atom stereocenters. The number of nitrogens with one attached hydrogen (secondary N) is 2. The summed E-state index contributed by atoms with van der Waals surface area (Å²) >= 11 is 0. The molecular formula is C51H71N7O11S. The van der Waals surface area contributed by atoms with Crippen LogP contribution in [0.2, 0.25) is 0 Å². The number of carbonyl (C=O) groups is 6. The van der Waals surface area contributed by atoms with Gasteiger partial charge in [-0.15, -0.1) is 5.06 Å². The normalized spacial score (nSPS) is 20.1. The molecule has 0 bridgehead atoms. The van der Waals surface area contributed by atoms with Crippen molar-refractivity contribution in [2.45, 2.75) is 134 Å². The van der Waals surface area contributed by atoms with E-state index in [1.165, 1.54) is 0 Å². The van der Waals surface area contributed by atoms with Gasteiger partial charge in [-0.2, -0.15) is 0 Å². The molecule has 0 spiro atoms. The number of amides is 6. The van der Waals surface area contributed by atoms with E-state index >= 15 is 0 Å². The fourth-order valence-corrected chi connectivity index (χ4v) is 8.71. The largest absolute Gasteiger partial charge is 0.445 e. The van der Waals surface area contributed by atoms with Crippen molar-refractivity contribution < 1.29 is 52.0 Å². The summed E-state index contributed by atoms with van der Waals surface area (Å²) in [5.74, 6) is -1.04. The van der Waals surface area contributed by atoms with E-state index in [0.29, 0.717) is 70.3 Å². The molecule has 4 aliphatic heterocycles. The third kappa shape index (κ3) is 19.4. The van der Waals surface area contributed by atoms with Crippen LogP contribution in [0.4, 0.5) is 19.2 Å². The van der Waals surface area contributed by atoms with E-state index in [-0.39, 0.29) is 60.6 Å². The molecule has 19 heteroatoms. The first-order chi connectivity index (χ1) is 33.6. The molecule has 7 rings (SSSR count). The molecule has 0 saturated carbocycles. The topological polar surface area (TPSA) is 219 Å². The summed E-state index contributed by atoms with van der Waals surface area (Å²) in [6.45, 7) is 10.5. The van der Waals surface area contributed by atoms with Gasteiger partial charge in [0, 0.05) is 70.2 Å². The Labute approximate surface area is 414 Å². The predicted molar refractivity (Wildman–Crippen MR) is 263 cm³/mol. The number of hydrogen-bond donors (Lipinski definition) is 3. The highest BCUT2D eigenvalue weighted by Gasteiger charge is 2.34. The van der Waals surface area contributed by atoms with Crippen molar-refractivity contribution in [2.75, 3.05) is 39.3 Å². The van der Waals surface area contributed by atoms with Crippen molar-refractivity contribution in [3.8, 4) is 0 Å². The highest BCUT2D eigenvalue weighted by molar-refractivity contribution is 7.84. The Morgan fingerprint density at radius 3 is 1.39 bits per heavy atom. The molecule has 0 radical (unpaired) electrons. The van der Waals surface area contributed by atoms with Gasteiger partial charge in [-0.25, -0.2) is 28.1 Å². The minimum Gasteiger partial charge on any atom is -0.445 e. The van der Waals surface area contributed by atoms with Gasteiger partial charge in [0.25, 0.3) is 11.8 Å². The van der Waals surface area contributed by atoms with Crippen LogP contribution in [0.15, 0.2) is 91.0 Å². The second kappa shape index (κ2) is 28.6. The van der Waals surface area contributed by atoms with Crippen LogP contribution >= 0.6 is 0 Å². The monoisotopic (exact) mass is 989 g/mol. The Hall–Kier alpha value is -6.05. The van der Waals surface area contributed by atoms with Crippen LogP contribution in [0.1, 0.15) is 108 Å². The summed E-state index contributed by atoms with van der Waals surface area (Å²) in [7, 11) is -1.08. The minimum absolute atomic E-state index is 0.0512. The Kier molecular flexibility index (Phi) is 22.4. The van der Waals surface area contributed by atoms with Crippen molar-refractivity contribution in [1.82, 2.24) is 29.8 Å². The van der Waals surface area contributed by atoms with Gasteiger partial charge in [-0.05, 0) is 95.2 Å². The molecule has 3 aromatic rings. The van der Waals surface area contributed by atoms with E-state index in [4.69, 9.17) is 24.8 Å². The summed E-state index contributed by atoms with van der Waals surface area (Å²) in [6, 6.07) is 29.0. The molecule has 4 aliphatic rings. The first kappa shape index (κ1) is 54.9. The number of carbonyl (C=O) groups excluding carboxylic acids is 6. The first-order valence-electron chi connectivity index (χ1n) is 24.3. The smallest absolute Gasteiger partial charge is 0.432 e. The van der Waals surface area contributed by atoms with E-state index in [9.17, 15) is 33.0 Å². The maximum absolute atomic E-state index is 12.3. The molecule has 382 valence electrons. The molecule has 70 heavy (non-hydrogen) atoms. The second-order valence-corrected chi connectivity index (χ2v) is 20.6. The zero-order valence-corrected chi connectivity index (χ0v) is 41.6. The first-order valence-corrected chi connectivity index (χ1v) is 25.4. The second-order valence-electron chi connectivity index (χ2n) is 18.6. The third-order valence-electron chi connectivity index (χ3n) is 12.0. The van der Waals surface area contributed by atoms with E-state index in [1.807, 2.05) is 112 Å². The molecule has 4 N–H and O–H groups in total. The summed E-state index contributed by atoms with van der Waals surface area (Å²) in [5, 5.41) is 3.17. The molecule has 4 saturated heterocycles. The van der Waals surface area contributed by atoms with Gasteiger partial charge >= 0.3 is 24.4 Å². The SMILES string of the molecule is CC(C)(C)S(=O)N[C@@H]1CCCN(C(=O)OCc2ccccc2)CC1.N[C@@H]1CCCN(C(=O)OCc2ccccc2)CC1.O=C(N[C@@H]1CCCN(C(=O)OCc2ccccc2)CC1)ON1C(=O)CCC1=O.